The van der Waals surface area contributed by atoms with E-state index in [9.17, 15) is 4.39 Å². The van der Waals surface area contributed by atoms with Gasteiger partial charge in [-0.15, -0.1) is 0 Å². The van der Waals surface area contributed by atoms with E-state index >= 15 is 0 Å². The first-order chi connectivity index (χ1) is 8.63. The highest BCUT2D eigenvalue weighted by atomic mass is 19.1. The van der Waals surface area contributed by atoms with Crippen molar-refractivity contribution >= 4 is 5.69 Å². The van der Waals surface area contributed by atoms with E-state index in [4.69, 9.17) is 5.73 Å². The number of rotatable bonds is 3. The molecular weight excluding hydrogens is 227 g/mol. The highest BCUT2D eigenvalue weighted by Crippen LogP contribution is 2.32. The molecule has 0 spiro atoms. The summed E-state index contributed by atoms with van der Waals surface area (Å²) in [4.78, 5) is 2.19. The minimum atomic E-state index is -0.137. The van der Waals surface area contributed by atoms with E-state index in [0.717, 1.165) is 30.8 Å². The number of hydrogen-bond acceptors (Lipinski definition) is 2. The summed E-state index contributed by atoms with van der Waals surface area (Å²) in [5.41, 5.74) is 7.61. The smallest absolute Gasteiger partial charge is 0.146 e. The van der Waals surface area contributed by atoms with E-state index in [2.05, 4.69) is 11.8 Å². The zero-order chi connectivity index (χ0) is 13.1. The zero-order valence-corrected chi connectivity index (χ0v) is 11.3. The van der Waals surface area contributed by atoms with Crippen LogP contribution in [0.2, 0.25) is 0 Å². The number of piperidine rings is 1. The predicted octanol–water partition coefficient (Wildman–Crippen LogP) is 3.47. The summed E-state index contributed by atoms with van der Waals surface area (Å²) in [6.07, 6.45) is 3.57. The quantitative estimate of drug-likeness (QED) is 0.890. The number of para-hydroxylation sites is 1. The summed E-state index contributed by atoms with van der Waals surface area (Å²) in [5.74, 6) is 0.542. The van der Waals surface area contributed by atoms with Gasteiger partial charge in [0, 0.05) is 19.1 Å². The highest BCUT2D eigenvalue weighted by Gasteiger charge is 2.23. The molecule has 2 rings (SSSR count). The third-order valence-electron chi connectivity index (χ3n) is 3.92. The third-order valence-corrected chi connectivity index (χ3v) is 3.92. The fourth-order valence-corrected chi connectivity index (χ4v) is 2.83. The normalized spacial score (nSPS) is 22.0. The van der Waals surface area contributed by atoms with Crippen molar-refractivity contribution < 1.29 is 4.39 Å². The summed E-state index contributed by atoms with van der Waals surface area (Å²) in [7, 11) is 0. The van der Waals surface area contributed by atoms with Crippen molar-refractivity contribution in [2.75, 3.05) is 18.0 Å². The van der Waals surface area contributed by atoms with Crippen LogP contribution in [0.5, 0.6) is 0 Å². The SMILES string of the molecule is CCC1CCCN(c2c(F)cccc2C(C)N)C1. The molecule has 0 bridgehead atoms. The minimum Gasteiger partial charge on any atom is -0.369 e. The van der Waals surface area contributed by atoms with Gasteiger partial charge in [0.15, 0.2) is 0 Å². The second-order valence-electron chi connectivity index (χ2n) is 5.33. The number of nitrogens with zero attached hydrogens (tertiary/aromatic N) is 1. The second-order valence-corrected chi connectivity index (χ2v) is 5.33. The van der Waals surface area contributed by atoms with Crippen LogP contribution in [-0.2, 0) is 0 Å². The predicted molar refractivity (Wildman–Crippen MR) is 74.2 cm³/mol. The molecule has 1 aromatic rings. The Morgan fingerprint density at radius 3 is 2.94 bits per heavy atom. The molecule has 1 aromatic carbocycles. The molecule has 2 nitrogen and oxygen atoms in total. The molecule has 1 saturated heterocycles. The van der Waals surface area contributed by atoms with Crippen molar-refractivity contribution in [2.45, 2.75) is 39.2 Å². The first-order valence-corrected chi connectivity index (χ1v) is 6.92. The van der Waals surface area contributed by atoms with Gasteiger partial charge in [-0.1, -0.05) is 25.5 Å². The second kappa shape index (κ2) is 5.70. The highest BCUT2D eigenvalue weighted by molar-refractivity contribution is 5.56. The number of anilines is 1. The lowest BCUT2D eigenvalue weighted by molar-refractivity contribution is 0.400. The van der Waals surface area contributed by atoms with Crippen molar-refractivity contribution in [1.82, 2.24) is 0 Å². The van der Waals surface area contributed by atoms with Crippen LogP contribution >= 0.6 is 0 Å². The van der Waals surface area contributed by atoms with E-state index < -0.39 is 0 Å². The van der Waals surface area contributed by atoms with Crippen molar-refractivity contribution in [1.29, 1.82) is 0 Å². The van der Waals surface area contributed by atoms with Gasteiger partial charge >= 0.3 is 0 Å². The number of halogens is 1. The Kier molecular flexibility index (Phi) is 4.23. The Balaban J connectivity index is 2.31. The molecule has 1 aliphatic heterocycles. The van der Waals surface area contributed by atoms with Crippen molar-refractivity contribution in [3.05, 3.63) is 29.6 Å². The number of hydrogen-bond donors (Lipinski definition) is 1. The Morgan fingerprint density at radius 1 is 1.50 bits per heavy atom. The van der Waals surface area contributed by atoms with Crippen LogP contribution in [0.15, 0.2) is 18.2 Å². The summed E-state index contributed by atoms with van der Waals surface area (Å²) in [5, 5.41) is 0. The monoisotopic (exact) mass is 250 g/mol. The molecule has 1 aliphatic rings. The van der Waals surface area contributed by atoms with Gasteiger partial charge in [0.2, 0.25) is 0 Å². The Hall–Kier alpha value is -1.09. The van der Waals surface area contributed by atoms with Crippen LogP contribution in [0.1, 0.15) is 44.7 Å². The maximum Gasteiger partial charge on any atom is 0.146 e. The van der Waals surface area contributed by atoms with Crippen molar-refractivity contribution in [3.63, 3.8) is 0 Å². The average Bonchev–Trinajstić information content (AvgIpc) is 2.38. The molecule has 100 valence electrons. The van der Waals surface area contributed by atoms with Gasteiger partial charge < -0.3 is 10.6 Å². The molecule has 2 N–H and O–H groups in total. The van der Waals surface area contributed by atoms with Crippen LogP contribution in [0.4, 0.5) is 10.1 Å². The third kappa shape index (κ3) is 2.66. The Morgan fingerprint density at radius 2 is 2.28 bits per heavy atom. The Labute approximate surface area is 109 Å². The lowest BCUT2D eigenvalue weighted by Gasteiger charge is -2.36. The first kappa shape index (κ1) is 13.3. The molecule has 0 aliphatic carbocycles. The molecule has 1 heterocycles. The standard InChI is InChI=1S/C15H23FN2/c1-3-12-6-5-9-18(10-12)15-13(11(2)17)7-4-8-14(15)16/h4,7-8,11-12H,3,5-6,9-10,17H2,1-2H3. The van der Waals surface area contributed by atoms with Gasteiger partial charge in [0.1, 0.15) is 5.82 Å². The fraction of sp³-hybridized carbons (Fsp3) is 0.600. The average molecular weight is 250 g/mol. The van der Waals surface area contributed by atoms with E-state index in [0.29, 0.717) is 5.92 Å². The van der Waals surface area contributed by atoms with Gasteiger partial charge in [-0.25, -0.2) is 4.39 Å². The van der Waals surface area contributed by atoms with Crippen LogP contribution in [0.3, 0.4) is 0 Å². The van der Waals surface area contributed by atoms with E-state index in [1.54, 1.807) is 6.07 Å². The summed E-state index contributed by atoms with van der Waals surface area (Å²) in [6.45, 7) is 6.02. The molecule has 0 radical (unpaired) electrons. The molecule has 2 unspecified atom stereocenters. The summed E-state index contributed by atoms with van der Waals surface area (Å²) in [6, 6.07) is 5.10. The lowest BCUT2D eigenvalue weighted by Crippen LogP contribution is -2.36. The van der Waals surface area contributed by atoms with Gasteiger partial charge in [0.05, 0.1) is 5.69 Å². The van der Waals surface area contributed by atoms with Gasteiger partial charge in [-0.3, -0.25) is 0 Å². The number of nitrogens with two attached hydrogens (primary N) is 1. The van der Waals surface area contributed by atoms with Gasteiger partial charge in [-0.05, 0) is 37.3 Å². The largest absolute Gasteiger partial charge is 0.369 e. The summed E-state index contributed by atoms with van der Waals surface area (Å²) < 4.78 is 14.1. The van der Waals surface area contributed by atoms with Crippen LogP contribution in [-0.4, -0.2) is 13.1 Å². The van der Waals surface area contributed by atoms with Gasteiger partial charge in [-0.2, -0.15) is 0 Å². The van der Waals surface area contributed by atoms with E-state index in [1.165, 1.54) is 18.9 Å². The zero-order valence-electron chi connectivity index (χ0n) is 11.3. The molecule has 1 fully saturated rings. The van der Waals surface area contributed by atoms with Crippen LogP contribution in [0, 0.1) is 11.7 Å². The lowest BCUT2D eigenvalue weighted by atomic mass is 9.94. The molecule has 0 aromatic heterocycles. The first-order valence-electron chi connectivity index (χ1n) is 6.92. The number of benzene rings is 1. The van der Waals surface area contributed by atoms with Gasteiger partial charge in [0.25, 0.3) is 0 Å². The maximum absolute atomic E-state index is 14.1. The fourth-order valence-electron chi connectivity index (χ4n) is 2.83. The van der Waals surface area contributed by atoms with Crippen LogP contribution in [0.25, 0.3) is 0 Å². The van der Waals surface area contributed by atoms with E-state index in [1.807, 2.05) is 13.0 Å². The molecule has 2 atom stereocenters. The molecule has 0 saturated carbocycles. The van der Waals surface area contributed by atoms with E-state index in [-0.39, 0.29) is 11.9 Å². The molecule has 3 heteroatoms. The Bertz CT molecular complexity index is 403. The molecular formula is C15H23FN2. The summed E-state index contributed by atoms with van der Waals surface area (Å²) >= 11 is 0. The minimum absolute atomic E-state index is 0.127. The van der Waals surface area contributed by atoms with Crippen LogP contribution < -0.4 is 10.6 Å². The molecule has 0 amide bonds. The maximum atomic E-state index is 14.1. The molecule has 18 heavy (non-hydrogen) atoms. The topological polar surface area (TPSA) is 29.3 Å². The van der Waals surface area contributed by atoms with Crippen molar-refractivity contribution in [3.8, 4) is 0 Å². The van der Waals surface area contributed by atoms with Crippen molar-refractivity contribution in [2.24, 2.45) is 11.7 Å².